The summed E-state index contributed by atoms with van der Waals surface area (Å²) in [5, 5.41) is 11.9. The fourth-order valence-electron chi connectivity index (χ4n) is 1.97. The molecule has 0 atom stereocenters. The molecule has 1 saturated heterocycles. The van der Waals surface area contributed by atoms with Crippen molar-refractivity contribution in [1.82, 2.24) is 0 Å². The Morgan fingerprint density at radius 1 is 1.44 bits per heavy atom. The highest BCUT2D eigenvalue weighted by atomic mass is 32.2. The number of oxime groups is 1. The fraction of sp³-hybridized carbons (Fsp3) is 0.417. The summed E-state index contributed by atoms with van der Waals surface area (Å²) in [6.45, 7) is 1.92. The summed E-state index contributed by atoms with van der Waals surface area (Å²) < 4.78 is 5.24. The normalized spacial score (nSPS) is 16.7. The van der Waals surface area contributed by atoms with Gasteiger partial charge in [-0.3, -0.25) is 0 Å². The number of thioether (sulfide) groups is 1. The molecule has 0 aromatic heterocycles. The zero-order valence-electron chi connectivity index (χ0n) is 10.3. The van der Waals surface area contributed by atoms with E-state index >= 15 is 0 Å². The molecule has 18 heavy (non-hydrogen) atoms. The third kappa shape index (κ3) is 2.64. The number of ether oxygens (including phenoxy) is 1. The molecular weight excluding hydrogens is 250 g/mol. The quantitative estimate of drug-likeness (QED) is 0.374. The molecular formula is C12H17N3O2S. The molecule has 0 aliphatic carbocycles. The van der Waals surface area contributed by atoms with Crippen molar-refractivity contribution in [2.24, 2.45) is 10.9 Å². The van der Waals surface area contributed by atoms with Gasteiger partial charge in [0.25, 0.3) is 0 Å². The van der Waals surface area contributed by atoms with Gasteiger partial charge in [-0.1, -0.05) is 5.16 Å². The van der Waals surface area contributed by atoms with E-state index in [1.807, 2.05) is 30.0 Å². The van der Waals surface area contributed by atoms with Crippen LogP contribution in [0, 0.1) is 0 Å². The lowest BCUT2D eigenvalue weighted by Crippen LogP contribution is -2.34. The molecule has 6 heteroatoms. The standard InChI is InChI=1S/C12H17N3O2S/c1-17-9-2-3-10(12(13)14-16)11(8-9)15-4-6-18-7-5-15/h2-3,8,16H,4-7H2,1H3,(H2,13,14). The van der Waals surface area contributed by atoms with Gasteiger partial charge in [-0.2, -0.15) is 11.8 Å². The van der Waals surface area contributed by atoms with Crippen LogP contribution in [0.1, 0.15) is 5.56 Å². The predicted molar refractivity (Wildman–Crippen MR) is 75.0 cm³/mol. The van der Waals surface area contributed by atoms with Crippen LogP contribution in [-0.2, 0) is 0 Å². The molecule has 1 heterocycles. The molecule has 1 aliphatic heterocycles. The lowest BCUT2D eigenvalue weighted by Gasteiger charge is -2.30. The molecule has 0 bridgehead atoms. The van der Waals surface area contributed by atoms with Crippen LogP contribution in [0.5, 0.6) is 5.75 Å². The summed E-state index contributed by atoms with van der Waals surface area (Å²) in [6, 6.07) is 5.57. The second-order valence-electron chi connectivity index (χ2n) is 3.97. The van der Waals surface area contributed by atoms with Crippen LogP contribution >= 0.6 is 11.8 Å². The Hall–Kier alpha value is -1.56. The third-order valence-electron chi connectivity index (χ3n) is 2.94. The first-order valence-corrected chi connectivity index (χ1v) is 6.90. The molecule has 2 rings (SSSR count). The SMILES string of the molecule is COc1ccc(/C(N)=N/O)c(N2CCSCC2)c1. The number of amidine groups is 1. The highest BCUT2D eigenvalue weighted by Gasteiger charge is 2.17. The minimum atomic E-state index is 0.130. The second kappa shape index (κ2) is 5.86. The highest BCUT2D eigenvalue weighted by molar-refractivity contribution is 7.99. The molecule has 0 unspecified atom stereocenters. The summed E-state index contributed by atoms with van der Waals surface area (Å²) >= 11 is 1.94. The van der Waals surface area contributed by atoms with Crippen molar-refractivity contribution in [3.63, 3.8) is 0 Å². The van der Waals surface area contributed by atoms with E-state index in [9.17, 15) is 0 Å². The molecule has 3 N–H and O–H groups in total. The smallest absolute Gasteiger partial charge is 0.172 e. The van der Waals surface area contributed by atoms with Gasteiger partial charge in [0, 0.05) is 36.2 Å². The molecule has 1 aromatic carbocycles. The van der Waals surface area contributed by atoms with E-state index in [1.54, 1.807) is 7.11 Å². The number of anilines is 1. The lowest BCUT2D eigenvalue weighted by atomic mass is 10.1. The Bertz CT molecular complexity index is 445. The number of benzene rings is 1. The zero-order valence-corrected chi connectivity index (χ0v) is 11.1. The summed E-state index contributed by atoms with van der Waals surface area (Å²) in [5.41, 5.74) is 7.42. The van der Waals surface area contributed by atoms with Crippen LogP contribution in [0.25, 0.3) is 0 Å². The van der Waals surface area contributed by atoms with E-state index in [2.05, 4.69) is 10.1 Å². The Morgan fingerprint density at radius 3 is 2.78 bits per heavy atom. The second-order valence-corrected chi connectivity index (χ2v) is 5.19. The van der Waals surface area contributed by atoms with E-state index in [1.165, 1.54) is 0 Å². The van der Waals surface area contributed by atoms with Gasteiger partial charge in [0.15, 0.2) is 5.84 Å². The van der Waals surface area contributed by atoms with Gasteiger partial charge in [-0.25, -0.2) is 0 Å². The summed E-state index contributed by atoms with van der Waals surface area (Å²) in [6.07, 6.45) is 0. The van der Waals surface area contributed by atoms with E-state index in [4.69, 9.17) is 15.7 Å². The Labute approximate surface area is 111 Å². The number of nitrogens with two attached hydrogens (primary N) is 1. The highest BCUT2D eigenvalue weighted by Crippen LogP contribution is 2.28. The molecule has 5 nitrogen and oxygen atoms in total. The average molecular weight is 267 g/mol. The van der Waals surface area contributed by atoms with Gasteiger partial charge in [0.2, 0.25) is 0 Å². The molecule has 98 valence electrons. The van der Waals surface area contributed by atoms with Crippen LogP contribution in [0.4, 0.5) is 5.69 Å². The maximum absolute atomic E-state index is 8.85. The molecule has 1 fully saturated rings. The number of rotatable bonds is 3. The summed E-state index contributed by atoms with van der Waals surface area (Å²) in [4.78, 5) is 2.24. The molecule has 0 saturated carbocycles. The van der Waals surface area contributed by atoms with Crippen molar-refractivity contribution in [3.8, 4) is 5.75 Å². The van der Waals surface area contributed by atoms with Gasteiger partial charge in [0.05, 0.1) is 12.8 Å². The fourth-order valence-corrected chi connectivity index (χ4v) is 2.88. The van der Waals surface area contributed by atoms with Crippen molar-refractivity contribution in [1.29, 1.82) is 0 Å². The average Bonchev–Trinajstić information content (AvgIpc) is 2.46. The summed E-state index contributed by atoms with van der Waals surface area (Å²) in [7, 11) is 1.63. The first-order valence-electron chi connectivity index (χ1n) is 5.75. The van der Waals surface area contributed by atoms with Crippen LogP contribution in [0.3, 0.4) is 0 Å². The molecule has 1 aliphatic rings. The first kappa shape index (κ1) is 12.9. The third-order valence-corrected chi connectivity index (χ3v) is 3.88. The van der Waals surface area contributed by atoms with Gasteiger partial charge in [-0.15, -0.1) is 0 Å². The maximum Gasteiger partial charge on any atom is 0.172 e. The Morgan fingerprint density at radius 2 is 2.17 bits per heavy atom. The van der Waals surface area contributed by atoms with Crippen molar-refractivity contribution >= 4 is 23.3 Å². The van der Waals surface area contributed by atoms with Crippen LogP contribution < -0.4 is 15.4 Å². The van der Waals surface area contributed by atoms with Gasteiger partial charge < -0.3 is 20.6 Å². The first-order chi connectivity index (χ1) is 8.76. The minimum absolute atomic E-state index is 0.130. The Kier molecular flexibility index (Phi) is 4.19. The van der Waals surface area contributed by atoms with Gasteiger partial charge >= 0.3 is 0 Å². The number of methoxy groups -OCH3 is 1. The summed E-state index contributed by atoms with van der Waals surface area (Å²) in [5.74, 6) is 3.09. The number of nitrogens with zero attached hydrogens (tertiary/aromatic N) is 2. The predicted octanol–water partition coefficient (Wildman–Crippen LogP) is 1.34. The van der Waals surface area contributed by atoms with Crippen LogP contribution in [-0.4, -0.2) is 42.7 Å². The largest absolute Gasteiger partial charge is 0.497 e. The van der Waals surface area contributed by atoms with Gasteiger partial charge in [-0.05, 0) is 12.1 Å². The number of hydrogen-bond acceptors (Lipinski definition) is 5. The van der Waals surface area contributed by atoms with E-state index in [0.717, 1.165) is 41.6 Å². The zero-order chi connectivity index (χ0) is 13.0. The topological polar surface area (TPSA) is 71.1 Å². The molecule has 0 amide bonds. The monoisotopic (exact) mass is 267 g/mol. The van der Waals surface area contributed by atoms with Crippen LogP contribution in [0.15, 0.2) is 23.4 Å². The maximum atomic E-state index is 8.85. The molecule has 0 radical (unpaired) electrons. The molecule has 0 spiro atoms. The van der Waals surface area contributed by atoms with Crippen molar-refractivity contribution in [3.05, 3.63) is 23.8 Å². The van der Waals surface area contributed by atoms with Crippen LogP contribution in [0.2, 0.25) is 0 Å². The van der Waals surface area contributed by atoms with E-state index < -0.39 is 0 Å². The molecule has 1 aromatic rings. The van der Waals surface area contributed by atoms with Crippen molar-refractivity contribution < 1.29 is 9.94 Å². The Balaban J connectivity index is 2.39. The van der Waals surface area contributed by atoms with Crippen molar-refractivity contribution in [2.75, 3.05) is 36.6 Å². The van der Waals surface area contributed by atoms with Crippen molar-refractivity contribution in [2.45, 2.75) is 0 Å². The minimum Gasteiger partial charge on any atom is -0.497 e. The van der Waals surface area contributed by atoms with E-state index in [0.29, 0.717) is 0 Å². The van der Waals surface area contributed by atoms with Gasteiger partial charge in [0.1, 0.15) is 5.75 Å². The number of hydrogen-bond donors (Lipinski definition) is 2. The lowest BCUT2D eigenvalue weighted by molar-refractivity contribution is 0.318. The van der Waals surface area contributed by atoms with E-state index in [-0.39, 0.29) is 5.84 Å².